The van der Waals surface area contributed by atoms with Gasteiger partial charge in [-0.05, 0) is 65.6 Å². The van der Waals surface area contributed by atoms with E-state index >= 15 is 9.59 Å². The first kappa shape index (κ1) is 31.4. The molecule has 1 heterocycles. The van der Waals surface area contributed by atoms with Gasteiger partial charge in [0, 0.05) is 33.4 Å². The Morgan fingerprint density at radius 1 is 0.725 bits per heavy atom. The molecule has 2 amide bonds. The lowest BCUT2D eigenvalue weighted by Gasteiger charge is -2.55. The molecule has 5 aromatic carbocycles. The number of benzene rings is 5. The van der Waals surface area contributed by atoms with Crippen LogP contribution in [-0.2, 0) is 24.6 Å². The number of ketones is 2. The highest BCUT2D eigenvalue weighted by molar-refractivity contribution is 6.32. The lowest BCUT2D eigenvalue weighted by atomic mass is 9.44. The zero-order valence-electron chi connectivity index (χ0n) is 27.4. The van der Waals surface area contributed by atoms with E-state index in [1.165, 1.54) is 11.0 Å². The fraction of sp³-hybridized carbons (Fsp3) is 0.182. The van der Waals surface area contributed by atoms with Gasteiger partial charge < -0.3 is 5.11 Å². The second-order valence-electron chi connectivity index (χ2n) is 14.0. The average molecular weight is 690 g/mol. The van der Waals surface area contributed by atoms with Crippen LogP contribution in [0.4, 0.5) is 5.69 Å². The number of imide groups is 1. The molecule has 3 aliphatic carbocycles. The maximum atomic E-state index is 15.2. The first-order chi connectivity index (χ1) is 24.8. The minimum Gasteiger partial charge on any atom is -0.507 e. The van der Waals surface area contributed by atoms with Crippen molar-refractivity contribution in [2.45, 2.75) is 24.2 Å². The predicted molar refractivity (Wildman–Crippen MR) is 196 cm³/mol. The van der Waals surface area contributed by atoms with Crippen LogP contribution in [0.15, 0.2) is 139 Å². The number of allylic oxidation sites excluding steroid dienone is 4. The Morgan fingerprint density at radius 2 is 1.41 bits per heavy atom. The third-order valence-electron chi connectivity index (χ3n) is 11.7. The second-order valence-corrected chi connectivity index (χ2v) is 14.4. The van der Waals surface area contributed by atoms with E-state index in [1.807, 2.05) is 103 Å². The Balaban J connectivity index is 1.30. The summed E-state index contributed by atoms with van der Waals surface area (Å²) in [5, 5.41) is 14.1. The van der Waals surface area contributed by atoms with Crippen LogP contribution in [0.25, 0.3) is 16.3 Å². The molecule has 7 heteroatoms. The van der Waals surface area contributed by atoms with E-state index < -0.39 is 35.0 Å². The van der Waals surface area contributed by atoms with Gasteiger partial charge in [-0.3, -0.25) is 24.1 Å². The molecular weight excluding hydrogens is 658 g/mol. The van der Waals surface area contributed by atoms with Crippen molar-refractivity contribution >= 4 is 57.0 Å². The van der Waals surface area contributed by atoms with Crippen molar-refractivity contribution in [3.63, 3.8) is 0 Å². The molecule has 0 spiro atoms. The Bertz CT molecular complexity index is 2350. The SMILES string of the molecule is O=C1C(c2ccccc2)=CC(=O)[C@@]2(c3ccccc3)[C@@H](c3ccc4ccccc4c3O)C3=CC[C@@H]4C(=O)N(c5ccc(Cl)cc5)C(=O)[C@@H]4[C@@H]3C[C@@H]12. The summed E-state index contributed by atoms with van der Waals surface area (Å²) < 4.78 is 0. The van der Waals surface area contributed by atoms with E-state index in [2.05, 4.69) is 0 Å². The molecule has 0 radical (unpaired) electrons. The van der Waals surface area contributed by atoms with E-state index in [-0.39, 0.29) is 35.6 Å². The summed E-state index contributed by atoms with van der Waals surface area (Å²) in [5.41, 5.74) is 1.99. The summed E-state index contributed by atoms with van der Waals surface area (Å²) in [6, 6.07) is 36.5. The molecule has 250 valence electrons. The number of hydrogen-bond donors (Lipinski definition) is 1. The summed E-state index contributed by atoms with van der Waals surface area (Å²) in [6.07, 6.45) is 3.98. The van der Waals surface area contributed by atoms with E-state index in [0.717, 1.165) is 11.0 Å². The minimum absolute atomic E-state index is 0.0329. The number of aromatic hydroxyl groups is 1. The molecule has 1 saturated carbocycles. The summed E-state index contributed by atoms with van der Waals surface area (Å²) in [4.78, 5) is 60.2. The number of phenols is 1. The van der Waals surface area contributed by atoms with Crippen LogP contribution in [0.1, 0.15) is 35.4 Å². The van der Waals surface area contributed by atoms with Crippen LogP contribution in [0, 0.1) is 23.7 Å². The van der Waals surface area contributed by atoms with Gasteiger partial charge in [-0.25, -0.2) is 0 Å². The Kier molecular flexibility index (Phi) is 7.23. The van der Waals surface area contributed by atoms with Gasteiger partial charge in [0.25, 0.3) is 0 Å². The standard InChI is InChI=1S/C44H32ClNO5/c45-28-16-18-29(19-17-28)46-42(50)32-22-21-31-35(38(32)43(46)51)23-36-41(49)34(25-9-3-1-4-10-25)24-37(47)44(36,27-12-5-2-6-13-27)39(31)33-20-15-26-11-7-8-14-30(26)40(33)48/h1-21,24,32,35-36,38-39,48H,22-23H2/t32-,35+,36-,38-,39+,44-/m0/s1. The maximum Gasteiger partial charge on any atom is 0.238 e. The highest BCUT2D eigenvalue weighted by Crippen LogP contribution is 2.64. The number of amides is 2. The lowest BCUT2D eigenvalue weighted by molar-refractivity contribution is -0.135. The van der Waals surface area contributed by atoms with Crippen LogP contribution in [-0.4, -0.2) is 28.5 Å². The normalized spacial score (nSPS) is 27.1. The number of fused-ring (bicyclic) bond motifs is 5. The lowest BCUT2D eigenvalue weighted by Crippen LogP contribution is -2.58. The van der Waals surface area contributed by atoms with Gasteiger partial charge in [0.2, 0.25) is 11.8 Å². The van der Waals surface area contributed by atoms with Crippen molar-refractivity contribution in [1.29, 1.82) is 0 Å². The van der Waals surface area contributed by atoms with Gasteiger partial charge in [-0.15, -0.1) is 0 Å². The summed E-state index contributed by atoms with van der Waals surface area (Å²) in [6.45, 7) is 0. The predicted octanol–water partition coefficient (Wildman–Crippen LogP) is 8.23. The van der Waals surface area contributed by atoms with Gasteiger partial charge in [0.15, 0.2) is 11.6 Å². The Hall–Kier alpha value is -5.59. The molecule has 2 fully saturated rings. The van der Waals surface area contributed by atoms with Crippen LogP contribution in [0.2, 0.25) is 5.02 Å². The van der Waals surface area contributed by atoms with Crippen molar-refractivity contribution in [3.05, 3.63) is 161 Å². The molecule has 1 aliphatic heterocycles. The number of halogens is 1. The number of anilines is 1. The molecule has 6 atom stereocenters. The summed E-state index contributed by atoms with van der Waals surface area (Å²) in [7, 11) is 0. The smallest absolute Gasteiger partial charge is 0.238 e. The van der Waals surface area contributed by atoms with Gasteiger partial charge >= 0.3 is 0 Å². The van der Waals surface area contributed by atoms with Crippen LogP contribution < -0.4 is 4.90 Å². The van der Waals surface area contributed by atoms with Crippen molar-refractivity contribution in [2.75, 3.05) is 4.90 Å². The molecule has 51 heavy (non-hydrogen) atoms. The zero-order valence-corrected chi connectivity index (χ0v) is 28.2. The zero-order chi connectivity index (χ0) is 35.0. The Morgan fingerprint density at radius 3 is 2.16 bits per heavy atom. The molecule has 0 aromatic heterocycles. The average Bonchev–Trinajstić information content (AvgIpc) is 3.42. The van der Waals surface area contributed by atoms with Crippen molar-refractivity contribution in [3.8, 4) is 5.75 Å². The highest BCUT2D eigenvalue weighted by Gasteiger charge is 2.66. The van der Waals surface area contributed by atoms with Crippen molar-refractivity contribution in [2.24, 2.45) is 23.7 Å². The maximum absolute atomic E-state index is 15.2. The molecule has 4 aliphatic rings. The minimum atomic E-state index is -1.42. The number of phenolic OH excluding ortho intramolecular Hbond substituents is 1. The van der Waals surface area contributed by atoms with Crippen LogP contribution in [0.3, 0.4) is 0 Å². The molecule has 9 rings (SSSR count). The first-order valence-electron chi connectivity index (χ1n) is 17.3. The van der Waals surface area contributed by atoms with Gasteiger partial charge in [0.1, 0.15) is 5.75 Å². The van der Waals surface area contributed by atoms with E-state index in [0.29, 0.717) is 44.8 Å². The topological polar surface area (TPSA) is 91.8 Å². The Labute approximate surface area is 299 Å². The first-order valence-corrected chi connectivity index (χ1v) is 17.6. The molecule has 0 bridgehead atoms. The van der Waals surface area contributed by atoms with E-state index in [4.69, 9.17) is 11.6 Å². The molecule has 0 unspecified atom stereocenters. The largest absolute Gasteiger partial charge is 0.507 e. The number of nitrogens with zero attached hydrogens (tertiary/aromatic N) is 1. The second kappa shape index (κ2) is 11.7. The van der Waals surface area contributed by atoms with Crippen molar-refractivity contribution in [1.82, 2.24) is 0 Å². The molecule has 1 N–H and O–H groups in total. The van der Waals surface area contributed by atoms with E-state index in [9.17, 15) is 14.7 Å². The quantitative estimate of drug-likeness (QED) is 0.152. The van der Waals surface area contributed by atoms with Gasteiger partial charge in [-0.2, -0.15) is 0 Å². The number of hydrogen-bond acceptors (Lipinski definition) is 5. The number of rotatable bonds is 4. The van der Waals surface area contributed by atoms with Gasteiger partial charge in [0.05, 0.1) is 22.9 Å². The van der Waals surface area contributed by atoms with E-state index in [1.54, 1.807) is 24.3 Å². The fourth-order valence-corrected chi connectivity index (χ4v) is 9.69. The molecule has 6 nitrogen and oxygen atoms in total. The number of Topliss-reactive ketones (excluding diaryl/α,β-unsaturated/α-hetero) is 1. The van der Waals surface area contributed by atoms with Crippen LogP contribution in [0.5, 0.6) is 5.75 Å². The molecule has 1 saturated heterocycles. The fourth-order valence-electron chi connectivity index (χ4n) is 9.57. The molecule has 5 aromatic rings. The number of carbonyl (C=O) groups is 4. The van der Waals surface area contributed by atoms with Gasteiger partial charge in [-0.1, -0.05) is 120 Å². The summed E-state index contributed by atoms with van der Waals surface area (Å²) in [5.74, 6) is -4.61. The third-order valence-corrected chi connectivity index (χ3v) is 12.0. The highest BCUT2D eigenvalue weighted by atomic mass is 35.5. The third kappa shape index (κ3) is 4.49. The molecular formula is C44H32ClNO5. The van der Waals surface area contributed by atoms with Crippen molar-refractivity contribution < 1.29 is 24.3 Å². The van der Waals surface area contributed by atoms with Crippen LogP contribution >= 0.6 is 11.6 Å². The number of carbonyl (C=O) groups excluding carboxylic acids is 4. The summed E-state index contributed by atoms with van der Waals surface area (Å²) >= 11 is 6.16. The monoisotopic (exact) mass is 689 g/mol.